The van der Waals surface area contributed by atoms with Gasteiger partial charge in [-0.15, -0.1) is 15.0 Å². The van der Waals surface area contributed by atoms with Crippen molar-refractivity contribution in [2.24, 2.45) is 0 Å². The van der Waals surface area contributed by atoms with Crippen molar-refractivity contribution >= 4 is 23.0 Å². The molecule has 0 aliphatic heterocycles. The first-order valence-electron chi connectivity index (χ1n) is 6.54. The smallest absolute Gasteiger partial charge is 0.338 e. The number of phenolic OH excluding ortho intramolecular Hbond substituents is 1. The number of hydrogen-bond donors (Lipinski definition) is 3. The Labute approximate surface area is 129 Å². The number of benzene rings is 2. The summed E-state index contributed by atoms with van der Waals surface area (Å²) >= 11 is 0. The van der Waals surface area contributed by atoms with E-state index in [1.165, 1.54) is 12.1 Å². The highest BCUT2D eigenvalue weighted by molar-refractivity contribution is 6.04. The molecule has 1 aromatic heterocycles. The standard InChI is InChI=1S/C15H11N3O5/c1-7-2-3-12(19)11(4-7)18-16-10-6-8(14(20)21)5-9(15(22)23)13(10)17-18/h2-6,19H,1H3,(H,20,21)(H,22,23). The van der Waals surface area contributed by atoms with E-state index in [9.17, 15) is 19.8 Å². The fourth-order valence-electron chi connectivity index (χ4n) is 2.21. The maximum absolute atomic E-state index is 11.3. The molecule has 0 amide bonds. The number of nitrogens with zero attached hydrogens (tertiary/aromatic N) is 3. The minimum Gasteiger partial charge on any atom is -0.506 e. The molecule has 0 radical (unpaired) electrons. The van der Waals surface area contributed by atoms with Crippen LogP contribution in [0.3, 0.4) is 0 Å². The van der Waals surface area contributed by atoms with Crippen LogP contribution in [0.4, 0.5) is 0 Å². The molecule has 0 aliphatic carbocycles. The quantitative estimate of drug-likeness (QED) is 0.673. The van der Waals surface area contributed by atoms with Crippen LogP contribution in [0.25, 0.3) is 16.7 Å². The highest BCUT2D eigenvalue weighted by Gasteiger charge is 2.19. The van der Waals surface area contributed by atoms with E-state index in [1.54, 1.807) is 12.1 Å². The second-order valence-corrected chi connectivity index (χ2v) is 4.98. The highest BCUT2D eigenvalue weighted by atomic mass is 16.4. The molecule has 3 aromatic rings. The van der Waals surface area contributed by atoms with Gasteiger partial charge in [-0.2, -0.15) is 0 Å². The third kappa shape index (κ3) is 2.46. The van der Waals surface area contributed by atoms with Crippen LogP contribution in [0.2, 0.25) is 0 Å². The fraction of sp³-hybridized carbons (Fsp3) is 0.0667. The molecule has 2 aromatic carbocycles. The van der Waals surface area contributed by atoms with Crippen molar-refractivity contribution in [3.05, 3.63) is 47.0 Å². The number of hydrogen-bond acceptors (Lipinski definition) is 5. The van der Waals surface area contributed by atoms with Crippen molar-refractivity contribution in [1.29, 1.82) is 0 Å². The Morgan fingerprint density at radius 1 is 1.04 bits per heavy atom. The summed E-state index contributed by atoms with van der Waals surface area (Å²) < 4.78 is 0. The molecule has 0 aliphatic rings. The van der Waals surface area contributed by atoms with Gasteiger partial charge in [0.05, 0.1) is 11.1 Å². The number of fused-ring (bicyclic) bond motifs is 1. The van der Waals surface area contributed by atoms with E-state index in [4.69, 9.17) is 5.11 Å². The first-order chi connectivity index (χ1) is 10.9. The van der Waals surface area contributed by atoms with Crippen LogP contribution < -0.4 is 0 Å². The minimum atomic E-state index is -1.31. The Morgan fingerprint density at radius 3 is 2.43 bits per heavy atom. The zero-order valence-electron chi connectivity index (χ0n) is 11.9. The van der Waals surface area contributed by atoms with Crippen molar-refractivity contribution in [2.75, 3.05) is 0 Å². The molecule has 0 fully saturated rings. The molecule has 116 valence electrons. The van der Waals surface area contributed by atoms with Crippen molar-refractivity contribution in [3.8, 4) is 11.4 Å². The molecule has 3 N–H and O–H groups in total. The molecule has 0 saturated heterocycles. The summed E-state index contributed by atoms with van der Waals surface area (Å²) in [6.45, 7) is 1.82. The third-order valence-electron chi connectivity index (χ3n) is 3.31. The summed E-state index contributed by atoms with van der Waals surface area (Å²) in [4.78, 5) is 23.5. The summed E-state index contributed by atoms with van der Waals surface area (Å²) in [5.74, 6) is -2.65. The topological polar surface area (TPSA) is 126 Å². The second kappa shape index (κ2) is 5.09. The molecule has 0 atom stereocenters. The van der Waals surface area contributed by atoms with Gasteiger partial charge in [0.1, 0.15) is 22.5 Å². The second-order valence-electron chi connectivity index (χ2n) is 4.98. The van der Waals surface area contributed by atoms with Gasteiger partial charge in [-0.25, -0.2) is 9.59 Å². The number of aryl methyl sites for hydroxylation is 1. The largest absolute Gasteiger partial charge is 0.506 e. The third-order valence-corrected chi connectivity index (χ3v) is 3.31. The summed E-state index contributed by atoms with van der Waals surface area (Å²) in [6, 6.07) is 7.07. The molecule has 23 heavy (non-hydrogen) atoms. The van der Waals surface area contributed by atoms with Crippen LogP contribution in [-0.4, -0.2) is 42.3 Å². The van der Waals surface area contributed by atoms with Gasteiger partial charge in [-0.05, 0) is 36.8 Å². The van der Waals surface area contributed by atoms with Crippen molar-refractivity contribution in [1.82, 2.24) is 15.0 Å². The Hall–Kier alpha value is -3.42. The molecule has 1 heterocycles. The minimum absolute atomic E-state index is 0.0448. The fourth-order valence-corrected chi connectivity index (χ4v) is 2.21. The molecule has 0 spiro atoms. The van der Waals surface area contributed by atoms with E-state index < -0.39 is 11.9 Å². The molecular formula is C15H11N3O5. The van der Waals surface area contributed by atoms with Crippen molar-refractivity contribution < 1.29 is 24.9 Å². The van der Waals surface area contributed by atoms with Crippen LogP contribution in [0, 0.1) is 6.92 Å². The first-order valence-corrected chi connectivity index (χ1v) is 6.54. The molecular weight excluding hydrogens is 302 g/mol. The van der Waals surface area contributed by atoms with E-state index >= 15 is 0 Å². The number of phenols is 1. The Morgan fingerprint density at radius 2 is 1.78 bits per heavy atom. The van der Waals surface area contributed by atoms with Gasteiger partial charge in [0.15, 0.2) is 0 Å². The van der Waals surface area contributed by atoms with Crippen LogP contribution in [0.5, 0.6) is 5.75 Å². The number of aromatic hydroxyl groups is 1. The number of carbonyl (C=O) groups is 2. The lowest BCUT2D eigenvalue weighted by Gasteiger charge is -2.03. The molecule has 3 rings (SSSR count). The summed E-state index contributed by atoms with van der Waals surface area (Å²) in [5, 5.41) is 36.4. The lowest BCUT2D eigenvalue weighted by molar-refractivity contribution is 0.0696. The zero-order chi connectivity index (χ0) is 16.7. The number of rotatable bonds is 3. The van der Waals surface area contributed by atoms with E-state index in [0.29, 0.717) is 0 Å². The van der Waals surface area contributed by atoms with Gasteiger partial charge in [0, 0.05) is 0 Å². The van der Waals surface area contributed by atoms with Gasteiger partial charge >= 0.3 is 11.9 Å². The summed E-state index contributed by atoms with van der Waals surface area (Å²) in [7, 11) is 0. The number of aromatic nitrogens is 3. The van der Waals surface area contributed by atoms with E-state index in [1.807, 2.05) is 6.92 Å². The SMILES string of the molecule is Cc1ccc(O)c(-n2nc3cc(C(=O)O)cc(C(=O)O)c3n2)c1. The highest BCUT2D eigenvalue weighted by Crippen LogP contribution is 2.24. The maximum atomic E-state index is 11.3. The van der Waals surface area contributed by atoms with Gasteiger partial charge < -0.3 is 15.3 Å². The molecule has 0 saturated carbocycles. The summed E-state index contributed by atoms with van der Waals surface area (Å²) in [6.07, 6.45) is 0. The number of aromatic carboxylic acids is 2. The van der Waals surface area contributed by atoms with Crippen LogP contribution in [0.15, 0.2) is 30.3 Å². The Bertz CT molecular complexity index is 961. The zero-order valence-corrected chi connectivity index (χ0v) is 11.9. The normalized spacial score (nSPS) is 10.8. The lowest BCUT2D eigenvalue weighted by Crippen LogP contribution is -2.03. The van der Waals surface area contributed by atoms with Gasteiger partial charge in [0.2, 0.25) is 0 Å². The van der Waals surface area contributed by atoms with Crippen molar-refractivity contribution in [3.63, 3.8) is 0 Å². The molecule has 8 nitrogen and oxygen atoms in total. The summed E-state index contributed by atoms with van der Waals surface area (Å²) in [5.41, 5.74) is 0.818. The number of carboxylic acids is 2. The maximum Gasteiger partial charge on any atom is 0.338 e. The van der Waals surface area contributed by atoms with E-state index in [0.717, 1.165) is 16.4 Å². The first kappa shape index (κ1) is 14.5. The van der Waals surface area contributed by atoms with Crippen LogP contribution in [-0.2, 0) is 0 Å². The van der Waals surface area contributed by atoms with Crippen LogP contribution in [0.1, 0.15) is 26.3 Å². The number of carboxylic acid groups (broad SMARTS) is 2. The monoisotopic (exact) mass is 313 g/mol. The lowest BCUT2D eigenvalue weighted by atomic mass is 10.1. The average Bonchev–Trinajstić information content (AvgIpc) is 2.91. The molecule has 0 bridgehead atoms. The van der Waals surface area contributed by atoms with Gasteiger partial charge in [-0.3, -0.25) is 0 Å². The predicted molar refractivity (Wildman–Crippen MR) is 79.2 cm³/mol. The van der Waals surface area contributed by atoms with E-state index in [2.05, 4.69) is 10.2 Å². The Kier molecular flexibility index (Phi) is 3.21. The molecule has 8 heteroatoms. The predicted octanol–water partition coefficient (Wildman–Crippen LogP) is 1.83. The van der Waals surface area contributed by atoms with E-state index in [-0.39, 0.29) is 33.6 Å². The Balaban J connectivity index is 2.30. The van der Waals surface area contributed by atoms with Gasteiger partial charge in [-0.1, -0.05) is 6.07 Å². The van der Waals surface area contributed by atoms with Crippen LogP contribution >= 0.6 is 0 Å². The molecule has 0 unspecified atom stereocenters. The van der Waals surface area contributed by atoms with Gasteiger partial charge in [0.25, 0.3) is 0 Å². The van der Waals surface area contributed by atoms with Crippen molar-refractivity contribution in [2.45, 2.75) is 6.92 Å². The average molecular weight is 313 g/mol.